The Labute approximate surface area is 133 Å². The van der Waals surface area contributed by atoms with Crippen LogP contribution in [0.1, 0.15) is 28.2 Å². The second-order valence-corrected chi connectivity index (χ2v) is 6.28. The molecule has 0 unspecified atom stereocenters. The van der Waals surface area contributed by atoms with E-state index in [1.165, 1.54) is 10.4 Å². The van der Waals surface area contributed by atoms with E-state index < -0.39 is 0 Å². The number of nitrogens with zero attached hydrogens (tertiary/aromatic N) is 3. The van der Waals surface area contributed by atoms with Crippen LogP contribution in [0.5, 0.6) is 0 Å². The molecular weight excluding hydrogens is 296 g/mol. The Kier molecular flexibility index (Phi) is 4.20. The second-order valence-electron chi connectivity index (χ2n) is 5.34. The zero-order valence-corrected chi connectivity index (χ0v) is 13.5. The van der Waals surface area contributed by atoms with E-state index in [1.807, 2.05) is 48.3 Å². The molecule has 6 heteroatoms. The third-order valence-electron chi connectivity index (χ3n) is 3.54. The molecule has 3 rings (SSSR count). The number of aryl methyl sites for hydroxylation is 3. The summed E-state index contributed by atoms with van der Waals surface area (Å²) in [5.74, 6) is 0.0426. The van der Waals surface area contributed by atoms with Crippen molar-refractivity contribution in [2.24, 2.45) is 0 Å². The lowest BCUT2D eigenvalue weighted by molar-refractivity contribution is -0.121. The molecule has 5 nitrogen and oxygen atoms in total. The molecule has 0 radical (unpaired) electrons. The van der Waals surface area contributed by atoms with Gasteiger partial charge in [-0.1, -0.05) is 6.07 Å². The molecule has 1 amide bonds. The number of carbonyl (C=O) groups excluding carboxylic acids is 1. The molecule has 1 N–H and O–H groups in total. The number of carbonyl (C=O) groups is 1. The average molecular weight is 314 g/mol. The minimum atomic E-state index is 0.0426. The first-order valence-corrected chi connectivity index (χ1v) is 8.09. The molecule has 0 aliphatic heterocycles. The van der Waals surface area contributed by atoms with Gasteiger partial charge in [-0.15, -0.1) is 11.3 Å². The summed E-state index contributed by atoms with van der Waals surface area (Å²) < 4.78 is 1.98. The summed E-state index contributed by atoms with van der Waals surface area (Å²) in [5.41, 5.74) is 5.79. The lowest BCUT2D eigenvalue weighted by atomic mass is 10.2. The number of rotatable bonds is 5. The third-order valence-corrected chi connectivity index (χ3v) is 4.53. The van der Waals surface area contributed by atoms with E-state index in [-0.39, 0.29) is 5.91 Å². The minimum Gasteiger partial charge on any atom is -0.350 e. The van der Waals surface area contributed by atoms with Crippen LogP contribution >= 0.6 is 11.3 Å². The van der Waals surface area contributed by atoms with Crippen molar-refractivity contribution in [3.05, 3.63) is 51.9 Å². The van der Waals surface area contributed by atoms with Gasteiger partial charge in [0.2, 0.25) is 5.91 Å². The Balaban J connectivity index is 1.54. The van der Waals surface area contributed by atoms with Crippen LogP contribution < -0.4 is 5.32 Å². The van der Waals surface area contributed by atoms with Crippen molar-refractivity contribution in [1.29, 1.82) is 0 Å². The zero-order chi connectivity index (χ0) is 15.5. The number of hydrogen-bond donors (Lipinski definition) is 1. The molecule has 3 heterocycles. The Bertz CT molecular complexity index is 805. The number of imidazole rings is 1. The van der Waals surface area contributed by atoms with Crippen LogP contribution in [0.15, 0.2) is 30.0 Å². The van der Waals surface area contributed by atoms with Crippen molar-refractivity contribution in [2.75, 3.05) is 0 Å². The van der Waals surface area contributed by atoms with E-state index in [9.17, 15) is 4.79 Å². The van der Waals surface area contributed by atoms with Gasteiger partial charge in [-0.3, -0.25) is 4.79 Å². The predicted octanol–water partition coefficient (Wildman–Crippen LogP) is 2.66. The summed E-state index contributed by atoms with van der Waals surface area (Å²) >= 11 is 1.60. The van der Waals surface area contributed by atoms with Crippen LogP contribution in [0.25, 0.3) is 5.65 Å². The van der Waals surface area contributed by atoms with Crippen molar-refractivity contribution in [1.82, 2.24) is 19.7 Å². The van der Waals surface area contributed by atoms with Gasteiger partial charge in [0.05, 0.1) is 23.4 Å². The number of nitrogens with one attached hydrogen (secondary N) is 1. The summed E-state index contributed by atoms with van der Waals surface area (Å²) in [4.78, 5) is 21.8. The molecule has 22 heavy (non-hydrogen) atoms. The number of pyridine rings is 1. The number of aromatic nitrogens is 3. The molecule has 0 atom stereocenters. The normalized spacial score (nSPS) is 11.0. The van der Waals surface area contributed by atoms with Crippen molar-refractivity contribution in [3.8, 4) is 0 Å². The number of hydrogen-bond acceptors (Lipinski definition) is 4. The van der Waals surface area contributed by atoms with E-state index >= 15 is 0 Å². The number of fused-ring (bicyclic) bond motifs is 1. The van der Waals surface area contributed by atoms with E-state index in [2.05, 4.69) is 15.3 Å². The van der Waals surface area contributed by atoms with Gasteiger partial charge in [0.25, 0.3) is 0 Å². The molecule has 0 saturated carbocycles. The Hall–Kier alpha value is -2.21. The smallest absolute Gasteiger partial charge is 0.220 e. The van der Waals surface area contributed by atoms with Crippen LogP contribution in [0, 0.1) is 13.8 Å². The fraction of sp³-hybridized carbons (Fsp3) is 0.312. The highest BCUT2D eigenvalue weighted by Gasteiger charge is 2.07. The summed E-state index contributed by atoms with van der Waals surface area (Å²) in [6.45, 7) is 4.48. The molecule has 3 aromatic rings. The standard InChI is InChI=1S/C16H18N4OS/c1-11-3-5-15-19-13(9-20(15)8-11)7-17-16(21)6-4-14-12(2)18-10-22-14/h3,5,8-10H,4,6-7H2,1-2H3,(H,17,21). The van der Waals surface area contributed by atoms with Crippen molar-refractivity contribution in [2.45, 2.75) is 33.2 Å². The highest BCUT2D eigenvalue weighted by Crippen LogP contribution is 2.14. The Morgan fingerprint density at radius 1 is 1.32 bits per heavy atom. The SMILES string of the molecule is Cc1ccc2nc(CNC(=O)CCc3scnc3C)cn2c1. The summed E-state index contributed by atoms with van der Waals surface area (Å²) in [7, 11) is 0. The zero-order valence-electron chi connectivity index (χ0n) is 12.7. The molecule has 0 aromatic carbocycles. The van der Waals surface area contributed by atoms with Gasteiger partial charge < -0.3 is 9.72 Å². The first-order chi connectivity index (χ1) is 10.6. The van der Waals surface area contributed by atoms with Gasteiger partial charge in [-0.25, -0.2) is 9.97 Å². The Morgan fingerprint density at radius 3 is 2.95 bits per heavy atom. The lowest BCUT2D eigenvalue weighted by Crippen LogP contribution is -2.23. The van der Waals surface area contributed by atoms with Crippen molar-refractivity contribution in [3.63, 3.8) is 0 Å². The molecule has 0 bridgehead atoms. The summed E-state index contributed by atoms with van der Waals surface area (Å²) in [6.07, 6.45) is 5.21. The number of thiazole rings is 1. The topological polar surface area (TPSA) is 59.3 Å². The second kappa shape index (κ2) is 6.27. The van der Waals surface area contributed by atoms with Crippen molar-refractivity contribution >= 4 is 22.9 Å². The van der Waals surface area contributed by atoms with Crippen LogP contribution in [0.3, 0.4) is 0 Å². The fourth-order valence-corrected chi connectivity index (χ4v) is 3.09. The van der Waals surface area contributed by atoms with Gasteiger partial charge in [-0.2, -0.15) is 0 Å². The maximum Gasteiger partial charge on any atom is 0.220 e. The van der Waals surface area contributed by atoms with E-state index in [0.29, 0.717) is 13.0 Å². The van der Waals surface area contributed by atoms with Gasteiger partial charge in [0.15, 0.2) is 0 Å². The third kappa shape index (κ3) is 3.33. The molecule has 3 aromatic heterocycles. The van der Waals surface area contributed by atoms with E-state index in [1.54, 1.807) is 11.3 Å². The van der Waals surface area contributed by atoms with Gasteiger partial charge in [0.1, 0.15) is 5.65 Å². The quantitative estimate of drug-likeness (QED) is 0.787. The average Bonchev–Trinajstić information content (AvgIpc) is 3.08. The van der Waals surface area contributed by atoms with Crippen LogP contribution in [0.2, 0.25) is 0 Å². The predicted molar refractivity (Wildman–Crippen MR) is 86.9 cm³/mol. The number of amides is 1. The maximum atomic E-state index is 11.9. The molecule has 0 aliphatic carbocycles. The molecule has 0 saturated heterocycles. The fourth-order valence-electron chi connectivity index (χ4n) is 2.31. The highest BCUT2D eigenvalue weighted by atomic mass is 32.1. The molecule has 114 valence electrons. The Morgan fingerprint density at radius 2 is 2.18 bits per heavy atom. The first kappa shape index (κ1) is 14.7. The van der Waals surface area contributed by atoms with Gasteiger partial charge >= 0.3 is 0 Å². The largest absolute Gasteiger partial charge is 0.350 e. The first-order valence-electron chi connectivity index (χ1n) is 7.22. The van der Waals surface area contributed by atoms with Crippen LogP contribution in [-0.4, -0.2) is 20.3 Å². The monoisotopic (exact) mass is 314 g/mol. The van der Waals surface area contributed by atoms with Crippen LogP contribution in [-0.2, 0) is 17.8 Å². The van der Waals surface area contributed by atoms with Crippen molar-refractivity contribution < 1.29 is 4.79 Å². The summed E-state index contributed by atoms with van der Waals surface area (Å²) in [5, 5.41) is 2.93. The van der Waals surface area contributed by atoms with E-state index in [4.69, 9.17) is 0 Å². The van der Waals surface area contributed by atoms with E-state index in [0.717, 1.165) is 23.5 Å². The molecular formula is C16H18N4OS. The van der Waals surface area contributed by atoms with Gasteiger partial charge in [-0.05, 0) is 31.9 Å². The molecule has 0 aliphatic rings. The minimum absolute atomic E-state index is 0.0426. The molecule has 0 spiro atoms. The van der Waals surface area contributed by atoms with Crippen LogP contribution in [0.4, 0.5) is 0 Å². The highest BCUT2D eigenvalue weighted by molar-refractivity contribution is 7.09. The lowest BCUT2D eigenvalue weighted by Gasteiger charge is -2.02. The molecule has 0 fully saturated rings. The summed E-state index contributed by atoms with van der Waals surface area (Å²) in [6, 6.07) is 4.01. The van der Waals surface area contributed by atoms with Gasteiger partial charge in [0, 0.05) is 23.7 Å². The maximum absolute atomic E-state index is 11.9.